The fourth-order valence-corrected chi connectivity index (χ4v) is 10.2. The van der Waals surface area contributed by atoms with Gasteiger partial charge in [0.1, 0.15) is 18.2 Å². The van der Waals surface area contributed by atoms with E-state index in [2.05, 4.69) is 0 Å². The van der Waals surface area contributed by atoms with Crippen molar-refractivity contribution in [1.82, 2.24) is 4.90 Å². The van der Waals surface area contributed by atoms with Crippen molar-refractivity contribution >= 4 is 29.2 Å². The molecule has 0 aromatic carbocycles. The number of Topliss-reactive ketones (excluding diaryl/α,β-unsaturated/α-hetero) is 3. The number of carbonyl (C=O) groups excluding carboxylic acids is 5. The number of hydrogen-bond acceptors (Lipinski definition) is 14. The van der Waals surface area contributed by atoms with Crippen LogP contribution in [0.4, 0.5) is 0 Å². The van der Waals surface area contributed by atoms with Gasteiger partial charge >= 0.3 is 5.97 Å². The molecule has 2 saturated heterocycles. The molecule has 0 aromatic rings. The van der Waals surface area contributed by atoms with Crippen molar-refractivity contribution in [2.75, 3.05) is 27.9 Å². The van der Waals surface area contributed by atoms with Crippen LogP contribution in [0.25, 0.3) is 0 Å². The normalized spacial score (nSPS) is 39.4. The molecule has 4 rings (SSSR count). The summed E-state index contributed by atoms with van der Waals surface area (Å²) in [6.45, 7) is 12.3. The van der Waals surface area contributed by atoms with Crippen molar-refractivity contribution in [1.29, 1.82) is 0 Å². The van der Waals surface area contributed by atoms with Crippen LogP contribution in [0.15, 0.2) is 47.6 Å². The summed E-state index contributed by atoms with van der Waals surface area (Å²) in [6.07, 6.45) is 7.98. The van der Waals surface area contributed by atoms with Crippen LogP contribution in [0.2, 0.25) is 0 Å². The van der Waals surface area contributed by atoms with Gasteiger partial charge in [-0.3, -0.25) is 19.2 Å². The lowest BCUT2D eigenvalue weighted by atomic mass is 9.78. The first-order chi connectivity index (χ1) is 31.2. The monoisotopic (exact) mass is 930 g/mol. The van der Waals surface area contributed by atoms with Crippen molar-refractivity contribution in [3.8, 4) is 0 Å². The van der Waals surface area contributed by atoms with Crippen LogP contribution in [-0.2, 0) is 47.7 Å². The van der Waals surface area contributed by atoms with E-state index in [9.17, 15) is 44.4 Å². The minimum Gasteiger partial charge on any atom is -0.460 e. The van der Waals surface area contributed by atoms with E-state index >= 15 is 0 Å². The first kappa shape index (κ1) is 55.2. The summed E-state index contributed by atoms with van der Waals surface area (Å²) in [6, 6.07) is -1.21. The average Bonchev–Trinajstić information content (AvgIpc) is 3.29. The van der Waals surface area contributed by atoms with Gasteiger partial charge in [-0.05, 0) is 94.1 Å². The molecule has 15 nitrogen and oxygen atoms in total. The highest BCUT2D eigenvalue weighted by atomic mass is 16.6. The van der Waals surface area contributed by atoms with Crippen molar-refractivity contribution in [3.05, 3.63) is 47.6 Å². The SMILES string of the molecule is CO[C@H]1C[C@@H]2CC(O)[C@@H](C)[C@@](O)(O2)C(=O)C(=O)N2CCCC[C@H]2C(=O)O[C@H]([C@H](C)C[C@@H]2CC[C@@H](O)[C@H](OC)C2)CC(=O)/C(C)=C/C(C)[C@@H](O)[C@@H](OC)C(=O)[C@H](C)C[C@H](C)C=CC=CC=C1C. The lowest BCUT2D eigenvalue weighted by Gasteiger charge is -2.44. The van der Waals surface area contributed by atoms with Gasteiger partial charge in [0.2, 0.25) is 5.79 Å². The van der Waals surface area contributed by atoms with E-state index in [0.717, 1.165) is 10.5 Å². The van der Waals surface area contributed by atoms with Gasteiger partial charge < -0.3 is 49.0 Å². The standard InChI is InChI=1S/C51H79NO14/c1-29-16-12-11-13-17-30(2)42(62-8)27-37-26-41(55)35(7)51(61,66-37)48(58)49(59)52-21-15-14-18-38(52)50(60)65-43(32(4)24-36-19-20-39(53)44(25-36)63-9)28-40(54)31(3)23-34(6)46(57)47(64-10)45(56)33(5)22-29/h11-13,16-17,23,29,32-39,41-44,46-47,53,55,57,61H,14-15,18-22,24-28H2,1-10H3/b13-11?,16-12?,30-17?,31-23+/t29-,32-,33-,34?,35-,36+,37+,38+,39-,41?,42+,43+,44-,46-,47+,51-/m1/s1. The van der Waals surface area contributed by atoms with Gasteiger partial charge in [-0.2, -0.15) is 0 Å². The number of fused-ring (bicyclic) bond motifs is 3. The number of rotatable bonds is 6. The zero-order valence-electron chi connectivity index (χ0n) is 40.9. The molecule has 0 radical (unpaired) electrons. The van der Waals surface area contributed by atoms with Crippen molar-refractivity contribution in [2.45, 2.75) is 180 Å². The fraction of sp³-hybridized carbons (Fsp3) is 0.745. The highest BCUT2D eigenvalue weighted by Gasteiger charge is 2.56. The smallest absolute Gasteiger partial charge is 0.329 e. The van der Waals surface area contributed by atoms with Crippen LogP contribution < -0.4 is 0 Å². The number of aliphatic hydroxyl groups excluding tert-OH is 3. The molecule has 4 N–H and O–H groups in total. The molecule has 0 aromatic heterocycles. The molecule has 1 aliphatic carbocycles. The Labute approximate surface area is 392 Å². The number of hydrogen-bond donors (Lipinski definition) is 4. The molecule has 3 aliphatic heterocycles. The second-order valence-corrected chi connectivity index (χ2v) is 19.7. The zero-order chi connectivity index (χ0) is 49.0. The number of aliphatic hydroxyl groups is 4. The molecular weight excluding hydrogens is 851 g/mol. The molecule has 16 atom stereocenters. The van der Waals surface area contributed by atoms with Gasteiger partial charge in [0, 0.05) is 64.9 Å². The van der Waals surface area contributed by atoms with E-state index in [1.54, 1.807) is 34.0 Å². The molecule has 15 heteroatoms. The van der Waals surface area contributed by atoms with Gasteiger partial charge in [-0.25, -0.2) is 4.79 Å². The van der Waals surface area contributed by atoms with Gasteiger partial charge in [-0.15, -0.1) is 0 Å². The molecule has 66 heavy (non-hydrogen) atoms. The summed E-state index contributed by atoms with van der Waals surface area (Å²) in [7, 11) is 4.44. The summed E-state index contributed by atoms with van der Waals surface area (Å²) in [5.74, 6) is -9.18. The maximum absolute atomic E-state index is 14.4. The number of piperidine rings is 1. The number of nitrogens with zero attached hydrogens (tertiary/aromatic N) is 1. The Morgan fingerprint density at radius 2 is 1.56 bits per heavy atom. The Bertz CT molecular complexity index is 1790. The Balaban J connectivity index is 1.72. The molecular formula is C51H79NO14. The molecule has 0 spiro atoms. The summed E-state index contributed by atoms with van der Waals surface area (Å²) in [4.78, 5) is 71.8. The van der Waals surface area contributed by atoms with Crippen LogP contribution in [0.5, 0.6) is 0 Å². The van der Waals surface area contributed by atoms with Crippen molar-refractivity contribution in [3.63, 3.8) is 0 Å². The van der Waals surface area contributed by atoms with E-state index in [0.29, 0.717) is 50.5 Å². The highest BCUT2D eigenvalue weighted by Crippen LogP contribution is 2.38. The third-order valence-corrected chi connectivity index (χ3v) is 14.6. The Morgan fingerprint density at radius 1 is 0.848 bits per heavy atom. The van der Waals surface area contributed by atoms with Gasteiger partial charge in [0.25, 0.3) is 11.7 Å². The van der Waals surface area contributed by atoms with Crippen LogP contribution in [0, 0.1) is 35.5 Å². The van der Waals surface area contributed by atoms with Crippen LogP contribution >= 0.6 is 0 Å². The molecule has 372 valence electrons. The van der Waals surface area contributed by atoms with E-state index in [1.807, 2.05) is 51.2 Å². The third-order valence-electron chi connectivity index (χ3n) is 14.6. The van der Waals surface area contributed by atoms with Crippen LogP contribution in [-0.4, -0.2) is 143 Å². The zero-order valence-corrected chi connectivity index (χ0v) is 40.9. The molecule has 3 fully saturated rings. The first-order valence-corrected chi connectivity index (χ1v) is 24.0. The maximum Gasteiger partial charge on any atom is 0.329 e. The molecule has 4 aliphatic rings. The fourth-order valence-electron chi connectivity index (χ4n) is 10.2. The summed E-state index contributed by atoms with van der Waals surface area (Å²) < 4.78 is 29.2. The van der Waals surface area contributed by atoms with Gasteiger partial charge in [-0.1, -0.05) is 71.1 Å². The number of ketones is 3. The summed E-state index contributed by atoms with van der Waals surface area (Å²) in [5.41, 5.74) is 1.09. The van der Waals surface area contributed by atoms with Crippen LogP contribution in [0.1, 0.15) is 119 Å². The topological polar surface area (TPSA) is 216 Å². The van der Waals surface area contributed by atoms with Crippen LogP contribution in [0.3, 0.4) is 0 Å². The minimum atomic E-state index is -2.71. The van der Waals surface area contributed by atoms with Crippen molar-refractivity contribution in [2.24, 2.45) is 35.5 Å². The quantitative estimate of drug-likeness (QED) is 0.200. The van der Waals surface area contributed by atoms with Gasteiger partial charge in [0.05, 0.1) is 36.6 Å². The van der Waals surface area contributed by atoms with E-state index < -0.39 is 90.0 Å². The first-order valence-electron chi connectivity index (χ1n) is 24.0. The molecule has 3 heterocycles. The molecule has 1 saturated carbocycles. The average molecular weight is 930 g/mol. The second-order valence-electron chi connectivity index (χ2n) is 19.7. The molecule has 2 unspecified atom stereocenters. The van der Waals surface area contributed by atoms with E-state index in [1.165, 1.54) is 21.1 Å². The number of carbonyl (C=O) groups is 5. The molecule has 2 bridgehead atoms. The lowest BCUT2D eigenvalue weighted by Crippen LogP contribution is -2.63. The van der Waals surface area contributed by atoms with Gasteiger partial charge in [0.15, 0.2) is 11.6 Å². The predicted octanol–water partition coefficient (Wildman–Crippen LogP) is 5.15. The molecule has 1 amide bonds. The van der Waals surface area contributed by atoms with E-state index in [4.69, 9.17) is 23.7 Å². The minimum absolute atomic E-state index is 0.00446. The Kier molecular flexibility index (Phi) is 21.1. The van der Waals surface area contributed by atoms with Crippen molar-refractivity contribution < 1.29 is 68.1 Å². The number of esters is 1. The second kappa shape index (κ2) is 25.3. The Hall–Kier alpha value is -3.41. The summed E-state index contributed by atoms with van der Waals surface area (Å²) >= 11 is 0. The van der Waals surface area contributed by atoms with E-state index in [-0.39, 0.29) is 67.7 Å². The highest BCUT2D eigenvalue weighted by molar-refractivity contribution is 6.39. The number of ether oxygens (including phenoxy) is 5. The number of allylic oxidation sites excluding steroid dienone is 6. The lowest BCUT2D eigenvalue weighted by molar-refractivity contribution is -0.285. The Morgan fingerprint density at radius 3 is 2.23 bits per heavy atom. The summed E-state index contributed by atoms with van der Waals surface area (Å²) in [5, 5.41) is 45.0. The number of cyclic esters (lactones) is 1. The number of methoxy groups -OCH3 is 3. The maximum atomic E-state index is 14.4. The predicted molar refractivity (Wildman–Crippen MR) is 247 cm³/mol. The third kappa shape index (κ3) is 14.1. The number of amides is 1. The largest absolute Gasteiger partial charge is 0.460 e.